The van der Waals surface area contributed by atoms with Crippen LogP contribution >= 0.6 is 11.6 Å². The first-order valence-electron chi connectivity index (χ1n) is 6.80. The maximum absolute atomic E-state index is 5.93. The van der Waals surface area contributed by atoms with Crippen molar-refractivity contribution in [3.8, 4) is 0 Å². The average Bonchev–Trinajstić information content (AvgIpc) is 2.49. The molecule has 0 radical (unpaired) electrons. The Kier molecular flexibility index (Phi) is 3.76. The third kappa shape index (κ3) is 2.98. The summed E-state index contributed by atoms with van der Waals surface area (Å²) in [6.45, 7) is 2.85. The summed E-state index contributed by atoms with van der Waals surface area (Å²) >= 11 is 5.93. The van der Waals surface area contributed by atoms with E-state index in [9.17, 15) is 0 Å². The van der Waals surface area contributed by atoms with E-state index in [-0.39, 0.29) is 0 Å². The second-order valence-corrected chi connectivity index (χ2v) is 5.64. The van der Waals surface area contributed by atoms with Gasteiger partial charge >= 0.3 is 0 Å². The topological polar surface area (TPSA) is 29.0 Å². The number of aromatic nitrogens is 2. The summed E-state index contributed by atoms with van der Waals surface area (Å²) in [6, 6.07) is 14.1. The van der Waals surface area contributed by atoms with E-state index in [1.165, 1.54) is 11.1 Å². The minimum atomic E-state index is 0.754. The summed E-state index contributed by atoms with van der Waals surface area (Å²) in [5.74, 6) is 0.943. The van der Waals surface area contributed by atoms with E-state index in [0.29, 0.717) is 0 Å². The molecule has 106 valence electrons. The second kappa shape index (κ2) is 5.70. The van der Waals surface area contributed by atoms with Gasteiger partial charge in [0.05, 0.1) is 5.52 Å². The molecule has 2 aromatic carbocycles. The monoisotopic (exact) mass is 297 g/mol. The van der Waals surface area contributed by atoms with E-state index in [1.54, 1.807) is 6.33 Å². The van der Waals surface area contributed by atoms with Crippen LogP contribution in [0.3, 0.4) is 0 Å². The Morgan fingerprint density at radius 2 is 1.81 bits per heavy atom. The Morgan fingerprint density at radius 3 is 2.57 bits per heavy atom. The summed E-state index contributed by atoms with van der Waals surface area (Å²) < 4.78 is 0. The summed E-state index contributed by atoms with van der Waals surface area (Å²) in [4.78, 5) is 10.9. The van der Waals surface area contributed by atoms with Gasteiger partial charge in [-0.15, -0.1) is 0 Å². The van der Waals surface area contributed by atoms with Gasteiger partial charge in [-0.3, -0.25) is 0 Å². The Balaban J connectivity index is 1.95. The van der Waals surface area contributed by atoms with Crippen LogP contribution in [0.4, 0.5) is 5.82 Å². The Hall–Kier alpha value is -2.13. The van der Waals surface area contributed by atoms with Crippen molar-refractivity contribution < 1.29 is 0 Å². The summed E-state index contributed by atoms with van der Waals surface area (Å²) in [6.07, 6.45) is 1.62. The molecule has 0 unspecified atom stereocenters. The van der Waals surface area contributed by atoms with E-state index in [2.05, 4.69) is 33.9 Å². The van der Waals surface area contributed by atoms with Crippen molar-refractivity contribution in [2.45, 2.75) is 13.5 Å². The molecule has 3 rings (SSSR count). The molecule has 0 bridgehead atoms. The van der Waals surface area contributed by atoms with E-state index >= 15 is 0 Å². The number of rotatable bonds is 3. The van der Waals surface area contributed by atoms with Crippen molar-refractivity contribution >= 4 is 28.3 Å². The van der Waals surface area contributed by atoms with Crippen molar-refractivity contribution in [2.75, 3.05) is 11.9 Å². The van der Waals surface area contributed by atoms with Gasteiger partial charge in [-0.1, -0.05) is 35.4 Å². The summed E-state index contributed by atoms with van der Waals surface area (Å²) in [5, 5.41) is 1.83. The van der Waals surface area contributed by atoms with Crippen molar-refractivity contribution in [2.24, 2.45) is 0 Å². The van der Waals surface area contributed by atoms with Crippen LogP contribution in [0, 0.1) is 6.92 Å². The molecule has 3 aromatic rings. The Morgan fingerprint density at radius 1 is 1.05 bits per heavy atom. The molecule has 0 saturated heterocycles. The molecular formula is C17H16ClN3. The molecule has 4 heteroatoms. The lowest BCUT2D eigenvalue weighted by Crippen LogP contribution is -2.18. The molecule has 0 aliphatic carbocycles. The van der Waals surface area contributed by atoms with E-state index in [0.717, 1.165) is 28.3 Å². The minimum absolute atomic E-state index is 0.754. The van der Waals surface area contributed by atoms with Gasteiger partial charge in [0.2, 0.25) is 0 Å². The highest BCUT2D eigenvalue weighted by Crippen LogP contribution is 2.24. The number of fused-ring (bicyclic) bond motifs is 1. The number of benzene rings is 2. The van der Waals surface area contributed by atoms with Gasteiger partial charge in [-0.25, -0.2) is 9.97 Å². The standard InChI is InChI=1S/C17H16ClN3/c1-12-3-8-16-15(9-12)17(20-11-19-16)21(2)10-13-4-6-14(18)7-5-13/h3-9,11H,10H2,1-2H3. The van der Waals surface area contributed by atoms with Crippen LogP contribution < -0.4 is 4.90 Å². The first-order chi connectivity index (χ1) is 10.1. The van der Waals surface area contributed by atoms with Crippen LogP contribution in [0.1, 0.15) is 11.1 Å². The van der Waals surface area contributed by atoms with E-state index < -0.39 is 0 Å². The highest BCUT2D eigenvalue weighted by molar-refractivity contribution is 6.30. The Labute approximate surface area is 129 Å². The summed E-state index contributed by atoms with van der Waals surface area (Å²) in [5.41, 5.74) is 3.37. The maximum atomic E-state index is 5.93. The average molecular weight is 298 g/mol. The molecule has 3 nitrogen and oxygen atoms in total. The fourth-order valence-corrected chi connectivity index (χ4v) is 2.53. The van der Waals surface area contributed by atoms with Crippen molar-refractivity contribution in [1.82, 2.24) is 9.97 Å². The first-order valence-corrected chi connectivity index (χ1v) is 7.18. The minimum Gasteiger partial charge on any atom is -0.355 e. The summed E-state index contributed by atoms with van der Waals surface area (Å²) in [7, 11) is 2.04. The van der Waals surface area contributed by atoms with Gasteiger partial charge in [0, 0.05) is 24.0 Å². The number of aryl methyl sites for hydroxylation is 1. The second-order valence-electron chi connectivity index (χ2n) is 5.20. The largest absolute Gasteiger partial charge is 0.355 e. The molecule has 0 atom stereocenters. The molecular weight excluding hydrogens is 282 g/mol. The van der Waals surface area contributed by atoms with Gasteiger partial charge in [-0.05, 0) is 36.8 Å². The first kappa shape index (κ1) is 13.8. The molecule has 0 fully saturated rings. The number of hydrogen-bond acceptors (Lipinski definition) is 3. The molecule has 0 saturated carbocycles. The van der Waals surface area contributed by atoms with Crippen molar-refractivity contribution in [3.05, 3.63) is 64.9 Å². The third-order valence-corrected chi connectivity index (χ3v) is 3.72. The predicted octanol–water partition coefficient (Wildman–Crippen LogP) is 4.23. The number of halogens is 1. The molecule has 0 aliphatic rings. The van der Waals surface area contributed by atoms with Gasteiger partial charge in [0.25, 0.3) is 0 Å². The van der Waals surface area contributed by atoms with E-state index in [1.807, 2.05) is 37.4 Å². The van der Waals surface area contributed by atoms with Crippen LogP contribution in [-0.2, 0) is 6.54 Å². The van der Waals surface area contributed by atoms with Crippen molar-refractivity contribution in [3.63, 3.8) is 0 Å². The van der Waals surface area contributed by atoms with Gasteiger partial charge < -0.3 is 4.90 Å². The lowest BCUT2D eigenvalue weighted by atomic mass is 10.1. The molecule has 1 aromatic heterocycles. The highest BCUT2D eigenvalue weighted by Gasteiger charge is 2.09. The van der Waals surface area contributed by atoms with Crippen LogP contribution in [0.2, 0.25) is 5.02 Å². The highest BCUT2D eigenvalue weighted by atomic mass is 35.5. The lowest BCUT2D eigenvalue weighted by Gasteiger charge is -2.20. The van der Waals surface area contributed by atoms with Gasteiger partial charge in [0.15, 0.2) is 0 Å². The molecule has 0 spiro atoms. The quantitative estimate of drug-likeness (QED) is 0.724. The molecule has 1 heterocycles. The maximum Gasteiger partial charge on any atom is 0.139 e. The zero-order valence-electron chi connectivity index (χ0n) is 12.0. The molecule has 0 N–H and O–H groups in total. The van der Waals surface area contributed by atoms with Crippen LogP contribution in [0.25, 0.3) is 10.9 Å². The molecule has 0 aliphatic heterocycles. The van der Waals surface area contributed by atoms with E-state index in [4.69, 9.17) is 11.6 Å². The number of nitrogens with zero attached hydrogens (tertiary/aromatic N) is 3. The van der Waals surface area contributed by atoms with Gasteiger partial charge in [0.1, 0.15) is 12.1 Å². The predicted molar refractivity (Wildman–Crippen MR) is 87.8 cm³/mol. The zero-order valence-corrected chi connectivity index (χ0v) is 12.8. The lowest BCUT2D eigenvalue weighted by molar-refractivity contribution is 0.900. The number of anilines is 1. The van der Waals surface area contributed by atoms with Gasteiger partial charge in [-0.2, -0.15) is 0 Å². The fraction of sp³-hybridized carbons (Fsp3) is 0.176. The van der Waals surface area contributed by atoms with Crippen molar-refractivity contribution in [1.29, 1.82) is 0 Å². The number of hydrogen-bond donors (Lipinski definition) is 0. The van der Waals surface area contributed by atoms with Crippen LogP contribution in [0.15, 0.2) is 48.8 Å². The normalized spacial score (nSPS) is 10.8. The molecule has 0 amide bonds. The Bertz CT molecular complexity index is 769. The van der Waals surface area contributed by atoms with Crippen LogP contribution in [-0.4, -0.2) is 17.0 Å². The molecule has 21 heavy (non-hydrogen) atoms. The third-order valence-electron chi connectivity index (χ3n) is 3.46. The smallest absolute Gasteiger partial charge is 0.139 e. The fourth-order valence-electron chi connectivity index (χ4n) is 2.40. The SMILES string of the molecule is Cc1ccc2ncnc(N(C)Cc3ccc(Cl)cc3)c2c1. The van der Waals surface area contributed by atoms with Crippen LogP contribution in [0.5, 0.6) is 0 Å². The zero-order chi connectivity index (χ0) is 14.8.